The molecule has 9 rings (SSSR count). The van der Waals surface area contributed by atoms with E-state index in [1.165, 1.54) is 43.5 Å². The third-order valence-corrected chi connectivity index (χ3v) is 9.03. The summed E-state index contributed by atoms with van der Waals surface area (Å²) in [6, 6.07) is 60.7. The molecule has 0 unspecified atom stereocenters. The van der Waals surface area contributed by atoms with Crippen molar-refractivity contribution in [3.05, 3.63) is 170 Å². The summed E-state index contributed by atoms with van der Waals surface area (Å²) in [6.45, 7) is 0.0211. The average molecular weight is 574 g/mol. The summed E-state index contributed by atoms with van der Waals surface area (Å²) in [5, 5.41) is 4.95. The van der Waals surface area contributed by atoms with Crippen molar-refractivity contribution < 1.29 is 0 Å². The van der Waals surface area contributed by atoms with Crippen molar-refractivity contribution in [3.63, 3.8) is 0 Å². The van der Waals surface area contributed by atoms with Crippen LogP contribution in [-0.2, 0) is 0 Å². The summed E-state index contributed by atoms with van der Waals surface area (Å²) >= 11 is 0. The first-order valence-electron chi connectivity index (χ1n) is 15.4. The third kappa shape index (κ3) is 4.11. The van der Waals surface area contributed by atoms with Gasteiger partial charge in [0.1, 0.15) is 5.82 Å². The normalized spacial score (nSPS) is 11.6. The molecule has 0 aliphatic carbocycles. The van der Waals surface area contributed by atoms with Crippen LogP contribution in [0.4, 0.5) is 0 Å². The molecule has 9 aromatic rings. The number of nitrogens with zero attached hydrogens (tertiary/aromatic N) is 3. The van der Waals surface area contributed by atoms with E-state index in [-0.39, 0.29) is 6.71 Å². The van der Waals surface area contributed by atoms with Crippen LogP contribution < -0.4 is 16.5 Å². The van der Waals surface area contributed by atoms with Crippen LogP contribution in [0, 0.1) is 0 Å². The first-order chi connectivity index (χ1) is 22.3. The number of pyridine rings is 1. The molecule has 3 nitrogen and oxygen atoms in total. The predicted octanol–water partition coefficient (Wildman–Crippen LogP) is 7.79. The van der Waals surface area contributed by atoms with Gasteiger partial charge >= 0.3 is 0 Å². The second kappa shape index (κ2) is 10.4. The second-order valence-corrected chi connectivity index (χ2v) is 11.6. The Bertz CT molecular complexity index is 2440. The monoisotopic (exact) mass is 573 g/mol. The molecule has 0 N–H and O–H groups in total. The van der Waals surface area contributed by atoms with Gasteiger partial charge in [-0.3, -0.25) is 4.57 Å². The Morgan fingerprint density at radius 1 is 0.378 bits per heavy atom. The smallest absolute Gasteiger partial charge is 0.265 e. The number of hydrogen-bond donors (Lipinski definition) is 0. The Labute approximate surface area is 261 Å². The zero-order chi connectivity index (χ0) is 29.7. The van der Waals surface area contributed by atoms with Crippen LogP contribution in [0.5, 0.6) is 0 Å². The maximum atomic E-state index is 5.43. The largest absolute Gasteiger partial charge is 0.309 e. The molecule has 0 atom stereocenters. The zero-order valence-electron chi connectivity index (χ0n) is 24.6. The number of hydrogen-bond acceptors (Lipinski definition) is 1. The fourth-order valence-electron chi connectivity index (χ4n) is 7.08. The molecule has 0 saturated heterocycles. The highest BCUT2D eigenvalue weighted by atomic mass is 15.1. The second-order valence-electron chi connectivity index (χ2n) is 11.6. The van der Waals surface area contributed by atoms with Gasteiger partial charge in [-0.25, -0.2) is 4.98 Å². The number of rotatable bonds is 5. The lowest BCUT2D eigenvalue weighted by molar-refractivity contribution is 1.09. The molecule has 0 spiro atoms. The molecule has 0 bridgehead atoms. The Balaban J connectivity index is 1.34. The van der Waals surface area contributed by atoms with E-state index < -0.39 is 0 Å². The van der Waals surface area contributed by atoms with Crippen LogP contribution in [-0.4, -0.2) is 20.8 Å². The van der Waals surface area contributed by atoms with Crippen LogP contribution >= 0.6 is 0 Å². The predicted molar refractivity (Wildman–Crippen MR) is 190 cm³/mol. The van der Waals surface area contributed by atoms with E-state index in [2.05, 4.69) is 179 Å². The van der Waals surface area contributed by atoms with Crippen molar-refractivity contribution in [2.24, 2.45) is 0 Å². The molecule has 4 heteroatoms. The highest BCUT2D eigenvalue weighted by molar-refractivity contribution is 6.95. The molecule has 0 radical (unpaired) electrons. The SMILES string of the molecule is c1ccc(B(c2ccccc2)c2cccc(-n3c4ccccc4c4cc5c6ccccc6n(-c6ccccc6)c5cc43)n2)cc1. The average Bonchev–Trinajstić information content (AvgIpc) is 3.61. The molecule has 0 aliphatic rings. The highest BCUT2D eigenvalue weighted by Crippen LogP contribution is 2.39. The maximum Gasteiger partial charge on any atom is 0.265 e. The number of aromatic nitrogens is 3. The van der Waals surface area contributed by atoms with Gasteiger partial charge in [-0.1, -0.05) is 132 Å². The molecule has 0 saturated carbocycles. The summed E-state index contributed by atoms with van der Waals surface area (Å²) in [6.07, 6.45) is 0. The number of fused-ring (bicyclic) bond motifs is 6. The van der Waals surface area contributed by atoms with Crippen molar-refractivity contribution in [2.45, 2.75) is 0 Å². The minimum absolute atomic E-state index is 0.0211. The minimum Gasteiger partial charge on any atom is -0.309 e. The summed E-state index contributed by atoms with van der Waals surface area (Å²) in [4.78, 5) is 5.43. The van der Waals surface area contributed by atoms with Crippen molar-refractivity contribution in [2.75, 3.05) is 0 Å². The summed E-state index contributed by atoms with van der Waals surface area (Å²) in [5.74, 6) is 0.914. The van der Waals surface area contributed by atoms with E-state index in [1.807, 2.05) is 0 Å². The molecule has 45 heavy (non-hydrogen) atoms. The van der Waals surface area contributed by atoms with Crippen molar-refractivity contribution in [3.8, 4) is 11.5 Å². The quantitative estimate of drug-likeness (QED) is 0.193. The van der Waals surface area contributed by atoms with Crippen LogP contribution in [0.1, 0.15) is 0 Å². The fourth-order valence-corrected chi connectivity index (χ4v) is 7.08. The third-order valence-electron chi connectivity index (χ3n) is 9.03. The molecule has 3 heterocycles. The molecule has 3 aromatic heterocycles. The van der Waals surface area contributed by atoms with Gasteiger partial charge < -0.3 is 4.57 Å². The Kier molecular flexibility index (Phi) is 5.92. The van der Waals surface area contributed by atoms with E-state index in [0.717, 1.165) is 28.1 Å². The molecule has 6 aromatic carbocycles. The molecule has 0 aliphatic heterocycles. The lowest BCUT2D eigenvalue weighted by Gasteiger charge is -2.16. The van der Waals surface area contributed by atoms with Gasteiger partial charge in [0.15, 0.2) is 0 Å². The van der Waals surface area contributed by atoms with Gasteiger partial charge in [0.2, 0.25) is 0 Å². The minimum atomic E-state index is 0.0211. The van der Waals surface area contributed by atoms with Crippen LogP contribution in [0.15, 0.2) is 170 Å². The first kappa shape index (κ1) is 25.6. The molecule has 0 amide bonds. The summed E-state index contributed by atoms with van der Waals surface area (Å²) in [5.41, 5.74) is 9.31. The molecular formula is C41H28BN3. The Morgan fingerprint density at radius 3 is 1.51 bits per heavy atom. The Hall–Kier alpha value is -5.87. The van der Waals surface area contributed by atoms with Gasteiger partial charge in [-0.2, -0.15) is 0 Å². The lowest BCUT2D eigenvalue weighted by Crippen LogP contribution is -2.53. The zero-order valence-corrected chi connectivity index (χ0v) is 24.6. The van der Waals surface area contributed by atoms with Gasteiger partial charge in [0.05, 0.1) is 22.1 Å². The van der Waals surface area contributed by atoms with E-state index in [1.54, 1.807) is 0 Å². The summed E-state index contributed by atoms with van der Waals surface area (Å²) in [7, 11) is 0. The topological polar surface area (TPSA) is 22.8 Å². The Morgan fingerprint density at radius 2 is 0.889 bits per heavy atom. The number of para-hydroxylation sites is 3. The number of benzene rings is 6. The van der Waals surface area contributed by atoms with Gasteiger partial charge in [0, 0.05) is 32.8 Å². The van der Waals surface area contributed by atoms with E-state index in [4.69, 9.17) is 4.98 Å². The summed E-state index contributed by atoms with van der Waals surface area (Å²) < 4.78 is 4.73. The van der Waals surface area contributed by atoms with Crippen molar-refractivity contribution >= 4 is 66.8 Å². The van der Waals surface area contributed by atoms with Crippen LogP contribution in [0.2, 0.25) is 0 Å². The molecule has 210 valence electrons. The van der Waals surface area contributed by atoms with Crippen LogP contribution in [0.3, 0.4) is 0 Å². The maximum absolute atomic E-state index is 5.43. The van der Waals surface area contributed by atoms with E-state index in [9.17, 15) is 0 Å². The van der Waals surface area contributed by atoms with Crippen molar-refractivity contribution in [1.82, 2.24) is 14.1 Å². The van der Waals surface area contributed by atoms with Gasteiger partial charge in [-0.05, 0) is 48.5 Å². The fraction of sp³-hybridized carbons (Fsp3) is 0. The lowest BCUT2D eigenvalue weighted by atomic mass is 9.38. The molecular weight excluding hydrogens is 545 g/mol. The van der Waals surface area contributed by atoms with Crippen LogP contribution in [0.25, 0.3) is 55.1 Å². The van der Waals surface area contributed by atoms with Gasteiger partial charge in [0.25, 0.3) is 6.71 Å². The van der Waals surface area contributed by atoms with Crippen molar-refractivity contribution in [1.29, 1.82) is 0 Å². The standard InChI is InChI=1S/C41H28BN3/c1-4-15-29(16-5-1)42(30-17-6-2-7-18-30)40-25-14-26-41(43-40)45-37-24-13-11-22-33(37)35-27-34-32-21-10-12-23-36(32)44(38(34)28-39(35)45)31-19-8-3-9-20-31/h1-28H. The van der Waals surface area contributed by atoms with E-state index >= 15 is 0 Å². The van der Waals surface area contributed by atoms with E-state index in [0.29, 0.717) is 0 Å². The highest BCUT2D eigenvalue weighted by Gasteiger charge is 2.24. The first-order valence-corrected chi connectivity index (χ1v) is 15.4. The molecule has 0 fully saturated rings. The van der Waals surface area contributed by atoms with Gasteiger partial charge in [-0.15, -0.1) is 0 Å².